The summed E-state index contributed by atoms with van der Waals surface area (Å²) < 4.78 is 27.2. The van der Waals surface area contributed by atoms with Crippen LogP contribution in [0.4, 0.5) is 20.2 Å². The van der Waals surface area contributed by atoms with Gasteiger partial charge in [0, 0.05) is 42.4 Å². The van der Waals surface area contributed by atoms with Crippen LogP contribution in [-0.2, 0) is 4.79 Å². The van der Waals surface area contributed by atoms with Crippen molar-refractivity contribution in [3.05, 3.63) is 69.3 Å². The Bertz CT molecular complexity index is 858. The second-order valence-corrected chi connectivity index (χ2v) is 6.38. The van der Waals surface area contributed by atoms with Gasteiger partial charge >= 0.3 is 0 Å². The maximum absolute atomic E-state index is 13.9. The summed E-state index contributed by atoms with van der Waals surface area (Å²) >= 11 is 0. The fraction of sp³-hybridized carbons (Fsp3) is 0.316. The van der Waals surface area contributed by atoms with Gasteiger partial charge in [-0.25, -0.2) is 8.78 Å². The number of carbonyl (C=O) groups excluding carboxylic acids is 1. The molecule has 1 unspecified atom stereocenters. The number of nitrogens with zero attached hydrogens (tertiary/aromatic N) is 2. The minimum atomic E-state index is -0.516. The van der Waals surface area contributed by atoms with E-state index in [1.165, 1.54) is 18.2 Å². The molecule has 0 spiro atoms. The lowest BCUT2D eigenvalue weighted by Gasteiger charge is -2.25. The maximum Gasteiger partial charge on any atom is 0.269 e. The van der Waals surface area contributed by atoms with Crippen molar-refractivity contribution in [3.63, 3.8) is 0 Å². The number of anilines is 1. The van der Waals surface area contributed by atoms with Crippen LogP contribution in [0.2, 0.25) is 0 Å². The lowest BCUT2D eigenvalue weighted by Crippen LogP contribution is -2.27. The molecule has 0 saturated heterocycles. The first kappa shape index (κ1) is 20.4. The Hall–Kier alpha value is -2.87. The van der Waals surface area contributed by atoms with Crippen LogP contribution >= 0.6 is 0 Å². The van der Waals surface area contributed by atoms with Crippen molar-refractivity contribution >= 4 is 17.3 Å². The van der Waals surface area contributed by atoms with Gasteiger partial charge in [0.05, 0.1) is 4.92 Å². The molecule has 2 rings (SSSR count). The van der Waals surface area contributed by atoms with Crippen LogP contribution in [-0.4, -0.2) is 29.3 Å². The van der Waals surface area contributed by atoms with Crippen LogP contribution < -0.4 is 5.32 Å². The highest BCUT2D eigenvalue weighted by molar-refractivity contribution is 5.91. The van der Waals surface area contributed by atoms with E-state index in [1.54, 1.807) is 25.8 Å². The predicted molar refractivity (Wildman–Crippen MR) is 98.5 cm³/mol. The van der Waals surface area contributed by atoms with E-state index in [0.29, 0.717) is 17.8 Å². The van der Waals surface area contributed by atoms with Crippen LogP contribution in [0, 0.1) is 28.7 Å². The molecule has 0 aliphatic heterocycles. The van der Waals surface area contributed by atoms with Crippen LogP contribution in [0.3, 0.4) is 0 Å². The zero-order valence-corrected chi connectivity index (χ0v) is 15.3. The molecule has 0 bridgehead atoms. The Kier molecular flexibility index (Phi) is 6.57. The molecule has 1 amide bonds. The highest BCUT2D eigenvalue weighted by Crippen LogP contribution is 2.24. The largest absolute Gasteiger partial charge is 0.326 e. The number of rotatable bonds is 7. The maximum atomic E-state index is 13.9. The molecule has 1 N–H and O–H groups in total. The summed E-state index contributed by atoms with van der Waals surface area (Å²) in [4.78, 5) is 24.2. The Labute approximate surface area is 155 Å². The van der Waals surface area contributed by atoms with Gasteiger partial charge in [-0.15, -0.1) is 0 Å². The third-order valence-corrected chi connectivity index (χ3v) is 4.46. The van der Waals surface area contributed by atoms with E-state index in [1.807, 2.05) is 0 Å². The van der Waals surface area contributed by atoms with Crippen LogP contribution in [0.15, 0.2) is 36.4 Å². The summed E-state index contributed by atoms with van der Waals surface area (Å²) in [6.07, 6.45) is 0.133. The third-order valence-electron chi connectivity index (χ3n) is 4.46. The molecule has 0 radical (unpaired) electrons. The van der Waals surface area contributed by atoms with E-state index in [9.17, 15) is 23.7 Å². The summed E-state index contributed by atoms with van der Waals surface area (Å²) in [5, 5.41) is 13.5. The normalized spacial score (nSPS) is 12.1. The monoisotopic (exact) mass is 377 g/mol. The fourth-order valence-corrected chi connectivity index (χ4v) is 2.66. The average molecular weight is 377 g/mol. The second-order valence-electron chi connectivity index (χ2n) is 6.38. The van der Waals surface area contributed by atoms with Gasteiger partial charge in [-0.3, -0.25) is 19.8 Å². The van der Waals surface area contributed by atoms with Gasteiger partial charge in [-0.1, -0.05) is 0 Å². The van der Waals surface area contributed by atoms with E-state index in [0.717, 1.165) is 18.2 Å². The van der Waals surface area contributed by atoms with E-state index in [2.05, 4.69) is 5.32 Å². The molecular formula is C19H21F2N3O3. The SMILES string of the molecule is Cc1cc([N+](=O)[O-])ccc1NC(=O)CCN(C)C(C)c1cc(F)ccc1F. The zero-order chi connectivity index (χ0) is 20.1. The van der Waals surface area contributed by atoms with Crippen molar-refractivity contribution in [1.29, 1.82) is 0 Å². The first-order chi connectivity index (χ1) is 12.7. The number of nitrogens with one attached hydrogen (secondary N) is 1. The van der Waals surface area contributed by atoms with Gasteiger partial charge in [0.25, 0.3) is 5.69 Å². The molecule has 144 valence electrons. The Morgan fingerprint density at radius 2 is 1.96 bits per heavy atom. The molecular weight excluding hydrogens is 356 g/mol. The van der Waals surface area contributed by atoms with Crippen LogP contribution in [0.1, 0.15) is 30.5 Å². The van der Waals surface area contributed by atoms with Gasteiger partial charge in [0.2, 0.25) is 5.91 Å². The number of carbonyl (C=O) groups is 1. The third kappa shape index (κ3) is 5.30. The first-order valence-electron chi connectivity index (χ1n) is 8.39. The molecule has 8 heteroatoms. The number of nitro groups is 1. The van der Waals surface area contributed by atoms with Crippen molar-refractivity contribution in [2.45, 2.75) is 26.3 Å². The van der Waals surface area contributed by atoms with Gasteiger partial charge < -0.3 is 5.32 Å². The molecule has 0 aliphatic rings. The smallest absolute Gasteiger partial charge is 0.269 e. The van der Waals surface area contributed by atoms with Gasteiger partial charge in [0.1, 0.15) is 11.6 Å². The van der Waals surface area contributed by atoms with E-state index in [4.69, 9.17) is 0 Å². The summed E-state index contributed by atoms with van der Waals surface area (Å²) in [7, 11) is 1.72. The fourth-order valence-electron chi connectivity index (χ4n) is 2.66. The van der Waals surface area contributed by atoms with Crippen molar-refractivity contribution in [3.8, 4) is 0 Å². The number of benzene rings is 2. The standard InChI is InChI=1S/C19H21F2N3O3/c1-12-10-15(24(26)27)5-7-18(12)22-19(25)8-9-23(3)13(2)16-11-14(20)4-6-17(16)21/h4-7,10-11,13H,8-9H2,1-3H3,(H,22,25). The topological polar surface area (TPSA) is 75.5 Å². The van der Waals surface area contributed by atoms with Crippen molar-refractivity contribution in [1.82, 2.24) is 4.90 Å². The van der Waals surface area contributed by atoms with Gasteiger partial charge in [0.15, 0.2) is 0 Å². The molecule has 1 atom stereocenters. The summed E-state index contributed by atoms with van der Waals surface area (Å²) in [5.41, 5.74) is 1.26. The van der Waals surface area contributed by atoms with E-state index in [-0.39, 0.29) is 23.6 Å². The van der Waals surface area contributed by atoms with E-state index < -0.39 is 22.6 Å². The second kappa shape index (κ2) is 8.68. The highest BCUT2D eigenvalue weighted by atomic mass is 19.1. The summed E-state index contributed by atoms with van der Waals surface area (Å²) in [6.45, 7) is 3.73. The highest BCUT2D eigenvalue weighted by Gasteiger charge is 2.18. The Morgan fingerprint density at radius 1 is 1.26 bits per heavy atom. The Morgan fingerprint density at radius 3 is 2.59 bits per heavy atom. The summed E-state index contributed by atoms with van der Waals surface area (Å²) in [5.74, 6) is -1.29. The molecule has 0 fully saturated rings. The molecule has 0 aromatic heterocycles. The molecule has 2 aromatic carbocycles. The minimum Gasteiger partial charge on any atom is -0.326 e. The van der Waals surface area contributed by atoms with Gasteiger partial charge in [-0.2, -0.15) is 0 Å². The number of hydrogen-bond acceptors (Lipinski definition) is 4. The quantitative estimate of drug-likeness (QED) is 0.579. The zero-order valence-electron chi connectivity index (χ0n) is 15.3. The van der Waals surface area contributed by atoms with Crippen molar-refractivity contribution < 1.29 is 18.5 Å². The summed E-state index contributed by atoms with van der Waals surface area (Å²) in [6, 6.07) is 7.08. The van der Waals surface area contributed by atoms with E-state index >= 15 is 0 Å². The number of aryl methyl sites for hydroxylation is 1. The van der Waals surface area contributed by atoms with Crippen molar-refractivity contribution in [2.75, 3.05) is 18.9 Å². The number of halogens is 2. The van der Waals surface area contributed by atoms with Crippen molar-refractivity contribution in [2.24, 2.45) is 0 Å². The van der Waals surface area contributed by atoms with Crippen LogP contribution in [0.5, 0.6) is 0 Å². The number of hydrogen-bond donors (Lipinski definition) is 1. The van der Waals surface area contributed by atoms with Gasteiger partial charge in [-0.05, 0) is 50.7 Å². The molecule has 0 saturated carbocycles. The molecule has 27 heavy (non-hydrogen) atoms. The molecule has 6 nitrogen and oxygen atoms in total. The van der Waals surface area contributed by atoms with Crippen LogP contribution in [0.25, 0.3) is 0 Å². The lowest BCUT2D eigenvalue weighted by atomic mass is 10.1. The number of amides is 1. The Balaban J connectivity index is 1.95. The predicted octanol–water partition coefficient (Wildman–Crippen LogP) is 4.20. The number of non-ortho nitro benzene ring substituents is 1. The number of nitro benzene ring substituents is 1. The molecule has 0 heterocycles. The molecule has 2 aromatic rings. The minimum absolute atomic E-state index is 0.0452. The first-order valence-corrected chi connectivity index (χ1v) is 8.39. The molecule has 0 aliphatic carbocycles. The average Bonchev–Trinajstić information content (AvgIpc) is 2.62. The lowest BCUT2D eigenvalue weighted by molar-refractivity contribution is -0.384.